The van der Waals surface area contributed by atoms with E-state index < -0.39 is 0 Å². The Bertz CT molecular complexity index is 932. The van der Waals surface area contributed by atoms with Crippen molar-refractivity contribution in [2.75, 3.05) is 10.6 Å². The minimum absolute atomic E-state index is 0.149. The number of rotatable bonds is 4. The normalized spacial score (nSPS) is 10.2. The molecule has 4 nitrogen and oxygen atoms in total. The number of nitrogens with one attached hydrogen (secondary N) is 2. The van der Waals surface area contributed by atoms with Crippen LogP contribution in [0.4, 0.5) is 11.4 Å². The first kappa shape index (κ1) is 17.4. The van der Waals surface area contributed by atoms with Gasteiger partial charge in [0.2, 0.25) is 0 Å². The summed E-state index contributed by atoms with van der Waals surface area (Å²) in [5.41, 5.74) is 4.65. The Balaban J connectivity index is 1.66. The molecule has 4 heteroatoms. The van der Waals surface area contributed by atoms with E-state index in [0.717, 1.165) is 11.1 Å². The number of hydrogen-bond donors (Lipinski definition) is 2. The summed E-state index contributed by atoms with van der Waals surface area (Å²) in [7, 11) is 0. The number of anilines is 2. The third-order valence-electron chi connectivity index (χ3n) is 4.06. The zero-order valence-corrected chi connectivity index (χ0v) is 14.7. The molecule has 0 aromatic heterocycles. The highest BCUT2D eigenvalue weighted by molar-refractivity contribution is 6.06. The number of amides is 2. The van der Waals surface area contributed by atoms with Gasteiger partial charge in [0.25, 0.3) is 11.8 Å². The Labute approximate surface area is 152 Å². The van der Waals surface area contributed by atoms with Gasteiger partial charge in [-0.1, -0.05) is 35.9 Å². The van der Waals surface area contributed by atoms with Gasteiger partial charge in [-0.3, -0.25) is 9.59 Å². The summed E-state index contributed by atoms with van der Waals surface area (Å²) in [5.74, 6) is -0.318. The molecular weight excluding hydrogens is 324 g/mol. The molecule has 130 valence electrons. The van der Waals surface area contributed by atoms with Crippen molar-refractivity contribution >= 4 is 23.2 Å². The van der Waals surface area contributed by atoms with E-state index in [1.165, 1.54) is 0 Å². The summed E-state index contributed by atoms with van der Waals surface area (Å²) < 4.78 is 0. The molecule has 0 fully saturated rings. The molecule has 0 aliphatic rings. The molecule has 0 saturated heterocycles. The molecular formula is C22H20N2O2. The number of carbonyl (C=O) groups is 2. The van der Waals surface area contributed by atoms with Crippen LogP contribution in [0.2, 0.25) is 0 Å². The summed E-state index contributed by atoms with van der Waals surface area (Å²) >= 11 is 0. The first-order valence-corrected chi connectivity index (χ1v) is 8.38. The molecule has 0 spiro atoms. The van der Waals surface area contributed by atoms with Gasteiger partial charge in [0, 0.05) is 22.5 Å². The summed E-state index contributed by atoms with van der Waals surface area (Å²) in [6, 6.07) is 21.8. The minimum atomic E-state index is -0.169. The molecule has 0 saturated carbocycles. The van der Waals surface area contributed by atoms with Crippen LogP contribution in [0.15, 0.2) is 72.8 Å². The third-order valence-corrected chi connectivity index (χ3v) is 4.06. The molecule has 3 rings (SSSR count). The van der Waals surface area contributed by atoms with Crippen LogP contribution >= 0.6 is 0 Å². The van der Waals surface area contributed by atoms with Crippen LogP contribution in [0, 0.1) is 13.8 Å². The lowest BCUT2D eigenvalue weighted by Crippen LogP contribution is -2.14. The van der Waals surface area contributed by atoms with Crippen LogP contribution < -0.4 is 10.6 Å². The molecule has 0 atom stereocenters. The summed E-state index contributed by atoms with van der Waals surface area (Å²) in [6.45, 7) is 3.92. The first-order valence-electron chi connectivity index (χ1n) is 8.38. The maximum Gasteiger partial charge on any atom is 0.255 e. The van der Waals surface area contributed by atoms with E-state index >= 15 is 0 Å². The molecule has 2 amide bonds. The number of hydrogen-bond acceptors (Lipinski definition) is 2. The number of carbonyl (C=O) groups excluding carboxylic acids is 2. The monoisotopic (exact) mass is 344 g/mol. The van der Waals surface area contributed by atoms with Gasteiger partial charge in [-0.2, -0.15) is 0 Å². The first-order chi connectivity index (χ1) is 12.5. The highest BCUT2D eigenvalue weighted by Gasteiger charge is 2.10. The van der Waals surface area contributed by atoms with Crippen molar-refractivity contribution in [3.05, 3.63) is 95.1 Å². The topological polar surface area (TPSA) is 58.2 Å². The van der Waals surface area contributed by atoms with E-state index in [1.807, 2.05) is 50.2 Å². The molecule has 0 unspecified atom stereocenters. The second kappa shape index (κ2) is 7.66. The predicted molar refractivity (Wildman–Crippen MR) is 105 cm³/mol. The maximum atomic E-state index is 12.4. The summed E-state index contributed by atoms with van der Waals surface area (Å²) in [6.07, 6.45) is 0. The van der Waals surface area contributed by atoms with Gasteiger partial charge in [0.1, 0.15) is 0 Å². The van der Waals surface area contributed by atoms with Crippen LogP contribution in [0.25, 0.3) is 0 Å². The van der Waals surface area contributed by atoms with Gasteiger partial charge >= 0.3 is 0 Å². The van der Waals surface area contributed by atoms with Gasteiger partial charge < -0.3 is 10.6 Å². The average Bonchev–Trinajstić information content (AvgIpc) is 2.64. The van der Waals surface area contributed by atoms with Crippen molar-refractivity contribution in [1.82, 2.24) is 0 Å². The molecule has 0 aliphatic heterocycles. The number of aryl methyl sites for hydroxylation is 2. The molecule has 3 aromatic carbocycles. The average molecular weight is 344 g/mol. The third kappa shape index (κ3) is 4.16. The predicted octanol–water partition coefficient (Wildman–Crippen LogP) is 4.81. The number of benzene rings is 3. The lowest BCUT2D eigenvalue weighted by Gasteiger charge is -2.10. The standard InChI is InChI=1S/C22H20N2O2/c1-15-8-13-20(16(2)14-15)22(26)24-19-11-9-18(10-12-19)23-21(25)17-6-4-3-5-7-17/h3-14H,1-2H3,(H,23,25)(H,24,26). The SMILES string of the molecule is Cc1ccc(C(=O)Nc2ccc(NC(=O)c3ccccc3)cc2)c(C)c1. The lowest BCUT2D eigenvalue weighted by molar-refractivity contribution is 0.101. The van der Waals surface area contributed by atoms with Crippen molar-refractivity contribution in [3.63, 3.8) is 0 Å². The van der Waals surface area contributed by atoms with Gasteiger partial charge in [-0.25, -0.2) is 0 Å². The van der Waals surface area contributed by atoms with Crippen LogP contribution in [0.5, 0.6) is 0 Å². The van der Waals surface area contributed by atoms with Gasteiger partial charge in [-0.05, 0) is 61.9 Å². The largest absolute Gasteiger partial charge is 0.322 e. The van der Waals surface area contributed by atoms with Crippen LogP contribution in [-0.2, 0) is 0 Å². The van der Waals surface area contributed by atoms with Crippen molar-refractivity contribution in [2.24, 2.45) is 0 Å². The van der Waals surface area contributed by atoms with E-state index in [9.17, 15) is 9.59 Å². The Morgan fingerprint density at radius 1 is 0.692 bits per heavy atom. The second-order valence-electron chi connectivity index (χ2n) is 6.17. The van der Waals surface area contributed by atoms with Gasteiger partial charge in [0.15, 0.2) is 0 Å². The van der Waals surface area contributed by atoms with E-state index in [0.29, 0.717) is 22.5 Å². The maximum absolute atomic E-state index is 12.4. The zero-order chi connectivity index (χ0) is 18.5. The van der Waals surface area contributed by atoms with Crippen LogP contribution in [-0.4, -0.2) is 11.8 Å². The quantitative estimate of drug-likeness (QED) is 0.714. The van der Waals surface area contributed by atoms with Crippen LogP contribution in [0.1, 0.15) is 31.8 Å². The molecule has 0 heterocycles. The molecule has 26 heavy (non-hydrogen) atoms. The fourth-order valence-electron chi connectivity index (χ4n) is 2.70. The van der Waals surface area contributed by atoms with E-state index in [-0.39, 0.29) is 11.8 Å². The zero-order valence-electron chi connectivity index (χ0n) is 14.7. The van der Waals surface area contributed by atoms with E-state index in [4.69, 9.17) is 0 Å². The van der Waals surface area contributed by atoms with Crippen molar-refractivity contribution in [2.45, 2.75) is 13.8 Å². The Hall–Kier alpha value is -3.40. The van der Waals surface area contributed by atoms with Gasteiger partial charge in [-0.15, -0.1) is 0 Å². The van der Waals surface area contributed by atoms with Crippen molar-refractivity contribution in [1.29, 1.82) is 0 Å². The second-order valence-corrected chi connectivity index (χ2v) is 6.17. The Morgan fingerprint density at radius 2 is 1.27 bits per heavy atom. The molecule has 0 bridgehead atoms. The molecule has 3 aromatic rings. The smallest absolute Gasteiger partial charge is 0.255 e. The highest BCUT2D eigenvalue weighted by atomic mass is 16.2. The molecule has 2 N–H and O–H groups in total. The van der Waals surface area contributed by atoms with Gasteiger partial charge in [0.05, 0.1) is 0 Å². The fourth-order valence-corrected chi connectivity index (χ4v) is 2.70. The minimum Gasteiger partial charge on any atom is -0.322 e. The Morgan fingerprint density at radius 3 is 1.85 bits per heavy atom. The fraction of sp³-hybridized carbons (Fsp3) is 0.0909. The summed E-state index contributed by atoms with van der Waals surface area (Å²) in [4.78, 5) is 24.6. The lowest BCUT2D eigenvalue weighted by atomic mass is 10.1. The van der Waals surface area contributed by atoms with E-state index in [1.54, 1.807) is 36.4 Å². The molecule has 0 radical (unpaired) electrons. The highest BCUT2D eigenvalue weighted by Crippen LogP contribution is 2.17. The van der Waals surface area contributed by atoms with Crippen molar-refractivity contribution < 1.29 is 9.59 Å². The Kier molecular flexibility index (Phi) is 5.13. The summed E-state index contributed by atoms with van der Waals surface area (Å²) in [5, 5.41) is 5.71. The molecule has 0 aliphatic carbocycles. The van der Waals surface area contributed by atoms with Crippen LogP contribution in [0.3, 0.4) is 0 Å². The van der Waals surface area contributed by atoms with E-state index in [2.05, 4.69) is 10.6 Å². The van der Waals surface area contributed by atoms with Crippen molar-refractivity contribution in [3.8, 4) is 0 Å².